The third kappa shape index (κ3) is 5.20. The first-order valence-electron chi connectivity index (χ1n) is 7.33. The van der Waals surface area contributed by atoms with Gasteiger partial charge in [0.15, 0.2) is 0 Å². The molecule has 2 amide bonds. The van der Waals surface area contributed by atoms with Gasteiger partial charge in [0.05, 0.1) is 12.6 Å². The zero-order valence-electron chi connectivity index (χ0n) is 12.8. The average molecular weight is 336 g/mol. The lowest BCUT2D eigenvalue weighted by atomic mass is 10.1. The minimum Gasteiger partial charge on any atom is -0.434 e. The Morgan fingerprint density at radius 3 is 2.42 bits per heavy atom. The normalized spacial score (nSPS) is 11.8. The van der Waals surface area contributed by atoms with Crippen LogP contribution in [-0.4, -0.2) is 24.4 Å². The summed E-state index contributed by atoms with van der Waals surface area (Å²) in [5.41, 5.74) is 1.18. The summed E-state index contributed by atoms with van der Waals surface area (Å²) in [7, 11) is 0. The maximum atomic E-state index is 12.4. The van der Waals surface area contributed by atoms with Crippen LogP contribution >= 0.6 is 0 Å². The predicted octanol–water partition coefficient (Wildman–Crippen LogP) is 2.82. The number of aliphatic hydroxyl groups excluding tert-OH is 1. The van der Waals surface area contributed by atoms with Crippen molar-refractivity contribution < 1.29 is 23.4 Å². The van der Waals surface area contributed by atoms with Gasteiger partial charge in [-0.2, -0.15) is 8.78 Å². The molecular formula is C17H18F2N2O3. The number of amides is 2. The average Bonchev–Trinajstić information content (AvgIpc) is 2.59. The molecule has 0 aliphatic rings. The number of carbonyl (C=O) groups is 1. The Kier molecular flexibility index (Phi) is 6.51. The van der Waals surface area contributed by atoms with Gasteiger partial charge in [-0.25, -0.2) is 4.79 Å². The number of para-hydroxylation sites is 1. The van der Waals surface area contributed by atoms with E-state index in [1.807, 2.05) is 6.07 Å². The molecule has 0 spiro atoms. The first-order chi connectivity index (χ1) is 11.6. The molecule has 0 heterocycles. The monoisotopic (exact) mass is 336 g/mol. The molecule has 1 atom stereocenters. The van der Waals surface area contributed by atoms with E-state index in [0.717, 1.165) is 5.56 Å². The molecular weight excluding hydrogens is 318 g/mol. The lowest BCUT2D eigenvalue weighted by Gasteiger charge is -2.17. The molecule has 0 fully saturated rings. The van der Waals surface area contributed by atoms with Crippen molar-refractivity contribution in [1.29, 1.82) is 0 Å². The quantitative estimate of drug-likeness (QED) is 0.728. The highest BCUT2D eigenvalue weighted by Crippen LogP contribution is 2.20. The van der Waals surface area contributed by atoms with Gasteiger partial charge in [-0.3, -0.25) is 0 Å². The molecule has 0 saturated carbocycles. The highest BCUT2D eigenvalue weighted by Gasteiger charge is 2.14. The molecule has 2 aromatic carbocycles. The Bertz CT molecular complexity index is 653. The SMILES string of the molecule is O=C(NCc1ccccc1OC(F)F)NC(CO)c1ccccc1. The van der Waals surface area contributed by atoms with Gasteiger partial charge in [-0.15, -0.1) is 0 Å². The first kappa shape index (κ1) is 17.7. The van der Waals surface area contributed by atoms with E-state index >= 15 is 0 Å². The van der Waals surface area contributed by atoms with Crippen molar-refractivity contribution in [1.82, 2.24) is 10.6 Å². The molecule has 2 aromatic rings. The van der Waals surface area contributed by atoms with Crippen molar-refractivity contribution in [2.75, 3.05) is 6.61 Å². The number of rotatable bonds is 7. The molecule has 24 heavy (non-hydrogen) atoms. The van der Waals surface area contributed by atoms with Crippen LogP contribution in [-0.2, 0) is 6.54 Å². The van der Waals surface area contributed by atoms with E-state index in [2.05, 4.69) is 15.4 Å². The van der Waals surface area contributed by atoms with Crippen LogP contribution in [0.4, 0.5) is 13.6 Å². The Labute approximate surface area is 138 Å². The predicted molar refractivity (Wildman–Crippen MR) is 84.7 cm³/mol. The molecule has 0 aliphatic carbocycles. The molecule has 7 heteroatoms. The summed E-state index contributed by atoms with van der Waals surface area (Å²) in [5, 5.41) is 14.6. The highest BCUT2D eigenvalue weighted by atomic mass is 19.3. The first-order valence-corrected chi connectivity index (χ1v) is 7.33. The van der Waals surface area contributed by atoms with Crippen molar-refractivity contribution in [3.05, 3.63) is 65.7 Å². The smallest absolute Gasteiger partial charge is 0.387 e. The van der Waals surface area contributed by atoms with Crippen molar-refractivity contribution in [2.24, 2.45) is 0 Å². The Morgan fingerprint density at radius 1 is 1.08 bits per heavy atom. The fourth-order valence-electron chi connectivity index (χ4n) is 2.17. The van der Waals surface area contributed by atoms with Gasteiger partial charge in [-0.1, -0.05) is 48.5 Å². The fourth-order valence-corrected chi connectivity index (χ4v) is 2.17. The molecule has 128 valence electrons. The maximum absolute atomic E-state index is 12.4. The number of aliphatic hydroxyl groups is 1. The van der Waals surface area contributed by atoms with Crippen LogP contribution in [0.25, 0.3) is 0 Å². The molecule has 0 saturated heterocycles. The summed E-state index contributed by atoms with van der Waals surface area (Å²) in [6, 6.07) is 14.1. The zero-order valence-corrected chi connectivity index (χ0v) is 12.8. The van der Waals surface area contributed by atoms with Crippen LogP contribution in [0.15, 0.2) is 54.6 Å². The maximum Gasteiger partial charge on any atom is 0.387 e. The fraction of sp³-hybridized carbons (Fsp3) is 0.235. The second-order valence-electron chi connectivity index (χ2n) is 4.96. The van der Waals surface area contributed by atoms with E-state index < -0.39 is 18.7 Å². The minimum absolute atomic E-state index is 0.00886. The van der Waals surface area contributed by atoms with E-state index in [4.69, 9.17) is 0 Å². The number of nitrogens with one attached hydrogen (secondary N) is 2. The number of hydrogen-bond acceptors (Lipinski definition) is 3. The number of ether oxygens (including phenoxy) is 1. The van der Waals surface area contributed by atoms with Gasteiger partial charge < -0.3 is 20.5 Å². The standard InChI is InChI=1S/C17H18F2N2O3/c18-16(19)24-15-9-5-4-8-13(15)10-20-17(23)21-14(11-22)12-6-2-1-3-7-12/h1-9,14,16,22H,10-11H2,(H2,20,21,23). The lowest BCUT2D eigenvalue weighted by Crippen LogP contribution is -2.38. The zero-order chi connectivity index (χ0) is 17.4. The van der Waals surface area contributed by atoms with Gasteiger partial charge >= 0.3 is 12.6 Å². The Morgan fingerprint density at radius 2 is 1.75 bits per heavy atom. The number of halogens is 2. The number of hydrogen-bond donors (Lipinski definition) is 3. The van der Waals surface area contributed by atoms with E-state index in [1.54, 1.807) is 42.5 Å². The van der Waals surface area contributed by atoms with Gasteiger partial charge in [0.25, 0.3) is 0 Å². The third-order valence-corrected chi connectivity index (χ3v) is 3.32. The van der Waals surface area contributed by atoms with Crippen LogP contribution < -0.4 is 15.4 Å². The summed E-state index contributed by atoms with van der Waals surface area (Å²) < 4.78 is 29.1. The summed E-state index contributed by atoms with van der Waals surface area (Å²) >= 11 is 0. The van der Waals surface area contributed by atoms with Gasteiger partial charge in [0.1, 0.15) is 5.75 Å². The number of benzene rings is 2. The molecule has 0 aliphatic heterocycles. The van der Waals surface area contributed by atoms with Crippen LogP contribution in [0.1, 0.15) is 17.2 Å². The van der Waals surface area contributed by atoms with Gasteiger partial charge in [-0.05, 0) is 11.6 Å². The van der Waals surface area contributed by atoms with Crippen molar-refractivity contribution in [2.45, 2.75) is 19.2 Å². The second kappa shape index (κ2) is 8.83. The largest absolute Gasteiger partial charge is 0.434 e. The number of urea groups is 1. The van der Waals surface area contributed by atoms with Crippen LogP contribution in [0.2, 0.25) is 0 Å². The molecule has 0 bridgehead atoms. The lowest BCUT2D eigenvalue weighted by molar-refractivity contribution is -0.0504. The highest BCUT2D eigenvalue weighted by molar-refractivity contribution is 5.74. The minimum atomic E-state index is -2.93. The van der Waals surface area contributed by atoms with Crippen molar-refractivity contribution in [3.63, 3.8) is 0 Å². The molecule has 0 radical (unpaired) electrons. The van der Waals surface area contributed by atoms with E-state index in [9.17, 15) is 18.7 Å². The Hall–Kier alpha value is -2.67. The van der Waals surface area contributed by atoms with E-state index in [-0.39, 0.29) is 18.9 Å². The molecule has 0 aromatic heterocycles. The van der Waals surface area contributed by atoms with Gasteiger partial charge in [0.2, 0.25) is 0 Å². The number of alkyl halides is 2. The summed E-state index contributed by atoms with van der Waals surface area (Å²) in [6.07, 6.45) is 0. The summed E-state index contributed by atoms with van der Waals surface area (Å²) in [6.45, 7) is -3.18. The topological polar surface area (TPSA) is 70.6 Å². The van der Waals surface area contributed by atoms with Crippen LogP contribution in [0, 0.1) is 0 Å². The number of carbonyl (C=O) groups excluding carboxylic acids is 1. The van der Waals surface area contributed by atoms with Crippen molar-refractivity contribution in [3.8, 4) is 5.75 Å². The summed E-state index contributed by atoms with van der Waals surface area (Å²) in [4.78, 5) is 12.0. The molecule has 3 N–H and O–H groups in total. The summed E-state index contributed by atoms with van der Waals surface area (Å²) in [5.74, 6) is 0.00886. The van der Waals surface area contributed by atoms with Crippen LogP contribution in [0.3, 0.4) is 0 Å². The molecule has 5 nitrogen and oxygen atoms in total. The van der Waals surface area contributed by atoms with Gasteiger partial charge in [0, 0.05) is 12.1 Å². The third-order valence-electron chi connectivity index (χ3n) is 3.32. The molecule has 2 rings (SSSR count). The van der Waals surface area contributed by atoms with E-state index in [0.29, 0.717) is 5.56 Å². The van der Waals surface area contributed by atoms with E-state index in [1.165, 1.54) is 6.07 Å². The van der Waals surface area contributed by atoms with Crippen LogP contribution in [0.5, 0.6) is 5.75 Å². The Balaban J connectivity index is 1.93. The second-order valence-corrected chi connectivity index (χ2v) is 4.96. The molecule has 1 unspecified atom stereocenters. The van der Waals surface area contributed by atoms with Crippen molar-refractivity contribution >= 4 is 6.03 Å².